The summed E-state index contributed by atoms with van der Waals surface area (Å²) in [6.07, 6.45) is 5.18. The lowest BCUT2D eigenvalue weighted by Gasteiger charge is -2.08. The maximum absolute atomic E-state index is 4.29. The standard InChI is InChI=1S/C12H15N3S2/c1-13-7-11-14-15-12(17-11)10-6-8-4-2-3-5-9(8)16-10/h6,13H,2-5,7H2,1H3. The molecular formula is C12H15N3S2. The average molecular weight is 265 g/mol. The average Bonchev–Trinajstić information content (AvgIpc) is 2.94. The monoisotopic (exact) mass is 265 g/mol. The molecule has 1 aliphatic rings. The van der Waals surface area contributed by atoms with Crippen LogP contribution in [0.5, 0.6) is 0 Å². The van der Waals surface area contributed by atoms with Crippen molar-refractivity contribution in [3.63, 3.8) is 0 Å². The number of fused-ring (bicyclic) bond motifs is 1. The lowest BCUT2D eigenvalue weighted by atomic mass is 9.99. The molecule has 0 bridgehead atoms. The van der Waals surface area contributed by atoms with Crippen molar-refractivity contribution in [1.29, 1.82) is 0 Å². The Kier molecular flexibility index (Phi) is 3.22. The number of nitrogens with zero attached hydrogens (tertiary/aromatic N) is 2. The summed E-state index contributed by atoms with van der Waals surface area (Å²) in [7, 11) is 1.94. The molecule has 1 aliphatic carbocycles. The van der Waals surface area contributed by atoms with E-state index in [2.05, 4.69) is 21.6 Å². The van der Waals surface area contributed by atoms with Gasteiger partial charge in [0.25, 0.3) is 0 Å². The van der Waals surface area contributed by atoms with Crippen molar-refractivity contribution in [1.82, 2.24) is 15.5 Å². The largest absolute Gasteiger partial charge is 0.313 e. The second-order valence-electron chi connectivity index (χ2n) is 4.30. The second-order valence-corrected chi connectivity index (χ2v) is 6.50. The van der Waals surface area contributed by atoms with E-state index in [0.717, 1.165) is 16.6 Å². The smallest absolute Gasteiger partial charge is 0.157 e. The predicted octanol–water partition coefficient (Wildman–Crippen LogP) is 2.86. The molecule has 0 amide bonds. The number of hydrogen-bond donors (Lipinski definition) is 1. The molecule has 3 nitrogen and oxygen atoms in total. The van der Waals surface area contributed by atoms with Gasteiger partial charge in [-0.25, -0.2) is 0 Å². The molecule has 90 valence electrons. The van der Waals surface area contributed by atoms with Crippen molar-refractivity contribution >= 4 is 22.7 Å². The molecule has 0 saturated carbocycles. The van der Waals surface area contributed by atoms with Crippen LogP contribution >= 0.6 is 22.7 Å². The molecule has 0 aromatic carbocycles. The summed E-state index contributed by atoms with van der Waals surface area (Å²) in [6.45, 7) is 0.808. The van der Waals surface area contributed by atoms with Gasteiger partial charge in [-0.05, 0) is 44.4 Å². The van der Waals surface area contributed by atoms with Gasteiger partial charge in [0.15, 0.2) is 5.01 Å². The third-order valence-corrected chi connectivity index (χ3v) is 5.33. The fourth-order valence-electron chi connectivity index (χ4n) is 2.17. The maximum atomic E-state index is 4.29. The van der Waals surface area contributed by atoms with Crippen LogP contribution in [0.2, 0.25) is 0 Å². The summed E-state index contributed by atoms with van der Waals surface area (Å²) in [5.41, 5.74) is 1.54. The van der Waals surface area contributed by atoms with Crippen LogP contribution in [0, 0.1) is 0 Å². The van der Waals surface area contributed by atoms with E-state index in [-0.39, 0.29) is 0 Å². The Bertz CT molecular complexity index is 492. The van der Waals surface area contributed by atoms with E-state index in [1.165, 1.54) is 30.6 Å². The summed E-state index contributed by atoms with van der Waals surface area (Å²) in [6, 6.07) is 2.32. The van der Waals surface area contributed by atoms with Crippen LogP contribution in [0.25, 0.3) is 9.88 Å². The van der Waals surface area contributed by atoms with Gasteiger partial charge in [-0.3, -0.25) is 0 Å². The van der Waals surface area contributed by atoms with Gasteiger partial charge in [0, 0.05) is 11.4 Å². The minimum absolute atomic E-state index is 0.808. The quantitative estimate of drug-likeness (QED) is 0.927. The molecular weight excluding hydrogens is 250 g/mol. The Labute approximate surface area is 109 Å². The molecule has 0 aliphatic heterocycles. The zero-order valence-corrected chi connectivity index (χ0v) is 11.5. The molecule has 2 aromatic heterocycles. The zero-order valence-electron chi connectivity index (χ0n) is 9.82. The minimum atomic E-state index is 0.808. The summed E-state index contributed by atoms with van der Waals surface area (Å²) < 4.78 is 0. The molecule has 0 spiro atoms. The van der Waals surface area contributed by atoms with E-state index < -0.39 is 0 Å². The Morgan fingerprint density at radius 2 is 2.12 bits per heavy atom. The first-order valence-corrected chi connectivity index (χ1v) is 7.59. The molecule has 3 rings (SSSR count). The minimum Gasteiger partial charge on any atom is -0.313 e. The molecule has 2 aromatic rings. The molecule has 17 heavy (non-hydrogen) atoms. The molecule has 0 fully saturated rings. The number of rotatable bonds is 3. The number of aromatic nitrogens is 2. The van der Waals surface area contributed by atoms with Crippen molar-refractivity contribution in [3.8, 4) is 9.88 Å². The maximum Gasteiger partial charge on any atom is 0.157 e. The Morgan fingerprint density at radius 1 is 1.24 bits per heavy atom. The number of hydrogen-bond acceptors (Lipinski definition) is 5. The first kappa shape index (κ1) is 11.3. The van der Waals surface area contributed by atoms with Gasteiger partial charge in [-0.1, -0.05) is 11.3 Å². The molecule has 1 N–H and O–H groups in total. The van der Waals surface area contributed by atoms with Crippen LogP contribution in [-0.4, -0.2) is 17.2 Å². The topological polar surface area (TPSA) is 37.8 Å². The fraction of sp³-hybridized carbons (Fsp3) is 0.500. The SMILES string of the molecule is CNCc1nnc(-c2cc3c(s2)CCCC3)s1. The molecule has 0 atom stereocenters. The third-order valence-electron chi connectivity index (χ3n) is 3.00. The van der Waals surface area contributed by atoms with Gasteiger partial charge < -0.3 is 5.32 Å². The number of thiophene rings is 1. The highest BCUT2D eigenvalue weighted by molar-refractivity contribution is 7.21. The van der Waals surface area contributed by atoms with Crippen LogP contribution in [0.1, 0.15) is 28.3 Å². The van der Waals surface area contributed by atoms with E-state index in [0.29, 0.717) is 0 Å². The van der Waals surface area contributed by atoms with Crippen LogP contribution in [0.4, 0.5) is 0 Å². The van der Waals surface area contributed by atoms with Gasteiger partial charge >= 0.3 is 0 Å². The Balaban J connectivity index is 1.89. The van der Waals surface area contributed by atoms with Crippen LogP contribution < -0.4 is 5.32 Å². The first-order valence-electron chi connectivity index (χ1n) is 5.96. The molecule has 5 heteroatoms. The summed E-state index contributed by atoms with van der Waals surface area (Å²) in [5, 5.41) is 13.7. The van der Waals surface area contributed by atoms with E-state index in [4.69, 9.17) is 0 Å². The second kappa shape index (κ2) is 4.84. The van der Waals surface area contributed by atoms with Gasteiger partial charge in [0.2, 0.25) is 0 Å². The van der Waals surface area contributed by atoms with E-state index in [1.807, 2.05) is 18.4 Å². The zero-order chi connectivity index (χ0) is 11.7. The molecule has 0 unspecified atom stereocenters. The van der Waals surface area contributed by atoms with E-state index in [9.17, 15) is 0 Å². The van der Waals surface area contributed by atoms with Crippen molar-refractivity contribution in [2.45, 2.75) is 32.2 Å². The van der Waals surface area contributed by atoms with Crippen molar-refractivity contribution in [3.05, 3.63) is 21.5 Å². The highest BCUT2D eigenvalue weighted by Gasteiger charge is 2.16. The Morgan fingerprint density at radius 3 is 2.94 bits per heavy atom. The highest BCUT2D eigenvalue weighted by atomic mass is 32.1. The first-order chi connectivity index (χ1) is 8.36. The lowest BCUT2D eigenvalue weighted by Crippen LogP contribution is -2.04. The van der Waals surface area contributed by atoms with Gasteiger partial charge in [-0.15, -0.1) is 21.5 Å². The summed E-state index contributed by atoms with van der Waals surface area (Å²) in [4.78, 5) is 2.87. The molecule has 0 radical (unpaired) electrons. The fourth-order valence-corrected chi connectivity index (χ4v) is 4.32. The predicted molar refractivity (Wildman–Crippen MR) is 72.6 cm³/mol. The normalized spacial score (nSPS) is 14.9. The van der Waals surface area contributed by atoms with Crippen molar-refractivity contribution in [2.24, 2.45) is 0 Å². The summed E-state index contributed by atoms with van der Waals surface area (Å²) in [5.74, 6) is 0. The Hall–Kier alpha value is -0.780. The van der Waals surface area contributed by atoms with Gasteiger partial charge in [-0.2, -0.15) is 0 Å². The number of aryl methyl sites for hydroxylation is 2. The lowest BCUT2D eigenvalue weighted by molar-refractivity contribution is 0.697. The van der Waals surface area contributed by atoms with Gasteiger partial charge in [0.1, 0.15) is 5.01 Å². The number of nitrogens with one attached hydrogen (secondary N) is 1. The highest BCUT2D eigenvalue weighted by Crippen LogP contribution is 2.36. The van der Waals surface area contributed by atoms with Gasteiger partial charge in [0.05, 0.1) is 4.88 Å². The molecule has 0 saturated heterocycles. The van der Waals surface area contributed by atoms with E-state index >= 15 is 0 Å². The molecule has 2 heterocycles. The van der Waals surface area contributed by atoms with Crippen molar-refractivity contribution in [2.75, 3.05) is 7.05 Å². The van der Waals surface area contributed by atoms with Crippen molar-refractivity contribution < 1.29 is 0 Å². The summed E-state index contributed by atoms with van der Waals surface area (Å²) >= 11 is 3.61. The van der Waals surface area contributed by atoms with E-state index in [1.54, 1.807) is 21.8 Å². The van der Waals surface area contributed by atoms with Crippen LogP contribution in [0.3, 0.4) is 0 Å². The third kappa shape index (κ3) is 2.27. The van der Waals surface area contributed by atoms with Crippen LogP contribution in [0.15, 0.2) is 6.07 Å². The van der Waals surface area contributed by atoms with Crippen LogP contribution in [-0.2, 0) is 19.4 Å².